The quantitative estimate of drug-likeness (QED) is 0.556. The normalized spacial score (nSPS) is 24.0. The first-order chi connectivity index (χ1) is 15.2. The summed E-state index contributed by atoms with van der Waals surface area (Å²) in [5.74, 6) is -0.0988. The molecule has 0 heterocycles. The Bertz CT molecular complexity index is 1060. The Morgan fingerprint density at radius 3 is 2.06 bits per heavy atom. The SMILES string of the molecule is O=C(C1=CC(C2(c3ccccc3)CCCCC2)=C/C1=C(/O)C1C=CC=C1)C1C=CC=C1. The summed E-state index contributed by atoms with van der Waals surface area (Å²) in [5.41, 5.74) is 3.71. The van der Waals surface area contributed by atoms with E-state index in [2.05, 4.69) is 42.5 Å². The lowest BCUT2D eigenvalue weighted by Gasteiger charge is -2.39. The molecule has 0 saturated heterocycles. The molecule has 0 spiro atoms. The number of Topliss-reactive ketones (excluding diaryl/α,β-unsaturated/α-hetero) is 1. The first-order valence-electron chi connectivity index (χ1n) is 11.4. The summed E-state index contributed by atoms with van der Waals surface area (Å²) in [4.78, 5) is 13.5. The van der Waals surface area contributed by atoms with Crippen LogP contribution in [0, 0.1) is 11.8 Å². The highest BCUT2D eigenvalue weighted by Gasteiger charge is 2.40. The number of aliphatic hydroxyl groups excluding tert-OH is 1. The van der Waals surface area contributed by atoms with Crippen molar-refractivity contribution in [3.63, 3.8) is 0 Å². The summed E-state index contributed by atoms with van der Waals surface area (Å²) in [6, 6.07) is 10.7. The van der Waals surface area contributed by atoms with Crippen molar-refractivity contribution in [2.45, 2.75) is 37.5 Å². The summed E-state index contributed by atoms with van der Waals surface area (Å²) in [6.07, 6.45) is 25.5. The van der Waals surface area contributed by atoms with Crippen LogP contribution in [0.5, 0.6) is 0 Å². The van der Waals surface area contributed by atoms with E-state index in [4.69, 9.17) is 0 Å². The van der Waals surface area contributed by atoms with Crippen molar-refractivity contribution in [1.82, 2.24) is 0 Å². The summed E-state index contributed by atoms with van der Waals surface area (Å²) in [5, 5.41) is 11.2. The van der Waals surface area contributed by atoms with Gasteiger partial charge in [-0.25, -0.2) is 0 Å². The molecule has 4 aliphatic rings. The van der Waals surface area contributed by atoms with Crippen LogP contribution in [0.25, 0.3) is 0 Å². The third-order valence-electron chi connectivity index (χ3n) is 7.13. The number of benzene rings is 1. The molecule has 0 bridgehead atoms. The van der Waals surface area contributed by atoms with Crippen molar-refractivity contribution in [3.05, 3.63) is 119 Å². The first-order valence-corrected chi connectivity index (χ1v) is 11.4. The highest BCUT2D eigenvalue weighted by Crippen LogP contribution is 2.49. The fourth-order valence-electron chi connectivity index (χ4n) is 5.44. The highest BCUT2D eigenvalue weighted by atomic mass is 16.3. The molecular weight excluding hydrogens is 380 g/mol. The van der Waals surface area contributed by atoms with Crippen molar-refractivity contribution in [2.24, 2.45) is 11.8 Å². The van der Waals surface area contributed by atoms with Crippen LogP contribution in [-0.2, 0) is 10.2 Å². The van der Waals surface area contributed by atoms with E-state index in [1.165, 1.54) is 30.4 Å². The van der Waals surface area contributed by atoms with Crippen LogP contribution >= 0.6 is 0 Å². The predicted octanol–water partition coefficient (Wildman–Crippen LogP) is 6.62. The van der Waals surface area contributed by atoms with Gasteiger partial charge in [0.05, 0.1) is 11.8 Å². The van der Waals surface area contributed by atoms with Gasteiger partial charge in [0.25, 0.3) is 0 Å². The third kappa shape index (κ3) is 3.50. The zero-order chi connectivity index (χ0) is 21.3. The van der Waals surface area contributed by atoms with Gasteiger partial charge < -0.3 is 5.11 Å². The maximum atomic E-state index is 13.5. The smallest absolute Gasteiger partial charge is 0.174 e. The number of hydrogen-bond donors (Lipinski definition) is 1. The number of carbonyl (C=O) groups is 1. The Hall–Kier alpha value is -3.13. The van der Waals surface area contributed by atoms with E-state index < -0.39 is 0 Å². The maximum absolute atomic E-state index is 13.5. The second-order valence-corrected chi connectivity index (χ2v) is 8.92. The zero-order valence-electron chi connectivity index (χ0n) is 17.7. The standard InChI is InChI=1S/C29H28O2/c30-27(21-11-5-6-12-21)25-19-24(20-26(25)28(31)22-13-7-8-14-22)29(17-9-2-10-18-29)23-15-3-1-4-16-23/h1,3-8,11-16,19-22,30H,2,9-10,17-18H2/b27-25-. The molecule has 0 atom stereocenters. The Kier molecular flexibility index (Phi) is 5.23. The summed E-state index contributed by atoms with van der Waals surface area (Å²) in [7, 11) is 0. The molecule has 5 rings (SSSR count). The van der Waals surface area contributed by atoms with E-state index in [0.717, 1.165) is 12.8 Å². The monoisotopic (exact) mass is 408 g/mol. The van der Waals surface area contributed by atoms with Gasteiger partial charge in [-0.3, -0.25) is 4.79 Å². The van der Waals surface area contributed by atoms with Crippen LogP contribution in [0.3, 0.4) is 0 Å². The van der Waals surface area contributed by atoms with Crippen LogP contribution in [0.2, 0.25) is 0 Å². The van der Waals surface area contributed by atoms with Crippen molar-refractivity contribution in [2.75, 3.05) is 0 Å². The van der Waals surface area contributed by atoms with Crippen LogP contribution in [0.15, 0.2) is 114 Å². The van der Waals surface area contributed by atoms with Gasteiger partial charge in [-0.1, -0.05) is 98.2 Å². The number of carbonyl (C=O) groups excluding carboxylic acids is 1. The van der Waals surface area contributed by atoms with Gasteiger partial charge in [-0.15, -0.1) is 0 Å². The molecule has 1 N–H and O–H groups in total. The highest BCUT2D eigenvalue weighted by molar-refractivity contribution is 6.06. The van der Waals surface area contributed by atoms with E-state index in [-0.39, 0.29) is 28.8 Å². The molecule has 1 fully saturated rings. The van der Waals surface area contributed by atoms with Crippen molar-refractivity contribution in [1.29, 1.82) is 0 Å². The summed E-state index contributed by atoms with van der Waals surface area (Å²) in [6.45, 7) is 0. The van der Waals surface area contributed by atoms with E-state index in [9.17, 15) is 9.90 Å². The molecule has 4 aliphatic carbocycles. The molecule has 0 radical (unpaired) electrons. The molecule has 1 aromatic carbocycles. The van der Waals surface area contributed by atoms with Gasteiger partial charge in [-0.05, 0) is 36.1 Å². The molecule has 2 heteroatoms. The van der Waals surface area contributed by atoms with Gasteiger partial charge in [0.1, 0.15) is 5.76 Å². The molecule has 0 aromatic heterocycles. The molecule has 0 amide bonds. The number of rotatable bonds is 5. The number of aliphatic hydroxyl groups is 1. The van der Waals surface area contributed by atoms with Crippen molar-refractivity contribution >= 4 is 5.78 Å². The Balaban J connectivity index is 1.64. The molecule has 31 heavy (non-hydrogen) atoms. The minimum atomic E-state index is -0.254. The predicted molar refractivity (Wildman–Crippen MR) is 126 cm³/mol. The van der Waals surface area contributed by atoms with Crippen LogP contribution < -0.4 is 0 Å². The Morgan fingerprint density at radius 1 is 0.806 bits per heavy atom. The van der Waals surface area contributed by atoms with Crippen LogP contribution in [0.4, 0.5) is 0 Å². The lowest BCUT2D eigenvalue weighted by atomic mass is 9.65. The van der Waals surface area contributed by atoms with Crippen LogP contribution in [-0.4, -0.2) is 10.9 Å². The number of allylic oxidation sites excluding steroid dienone is 12. The average Bonchev–Trinajstić information content (AvgIpc) is 3.61. The van der Waals surface area contributed by atoms with E-state index in [0.29, 0.717) is 11.1 Å². The molecule has 1 aromatic rings. The van der Waals surface area contributed by atoms with Crippen molar-refractivity contribution in [3.8, 4) is 0 Å². The minimum Gasteiger partial charge on any atom is -0.511 e. The lowest BCUT2D eigenvalue weighted by Crippen LogP contribution is -2.30. The zero-order valence-corrected chi connectivity index (χ0v) is 17.7. The van der Waals surface area contributed by atoms with E-state index in [1.807, 2.05) is 48.6 Å². The minimum absolute atomic E-state index is 0.0581. The largest absolute Gasteiger partial charge is 0.511 e. The molecule has 1 saturated carbocycles. The Labute approximate surface area is 184 Å². The van der Waals surface area contributed by atoms with E-state index >= 15 is 0 Å². The second-order valence-electron chi connectivity index (χ2n) is 8.92. The maximum Gasteiger partial charge on any atom is 0.174 e. The fourth-order valence-corrected chi connectivity index (χ4v) is 5.44. The van der Waals surface area contributed by atoms with Gasteiger partial charge in [0.2, 0.25) is 0 Å². The van der Waals surface area contributed by atoms with Gasteiger partial charge in [0.15, 0.2) is 5.78 Å². The molecular formula is C29H28O2. The molecule has 2 nitrogen and oxygen atoms in total. The van der Waals surface area contributed by atoms with Gasteiger partial charge >= 0.3 is 0 Å². The topological polar surface area (TPSA) is 37.3 Å². The fraction of sp³-hybridized carbons (Fsp3) is 0.276. The van der Waals surface area contributed by atoms with Crippen molar-refractivity contribution < 1.29 is 9.90 Å². The second kappa shape index (κ2) is 8.19. The molecule has 0 unspecified atom stereocenters. The molecule has 156 valence electrons. The van der Waals surface area contributed by atoms with Crippen LogP contribution in [0.1, 0.15) is 37.7 Å². The Morgan fingerprint density at radius 2 is 1.42 bits per heavy atom. The van der Waals surface area contributed by atoms with Gasteiger partial charge in [0, 0.05) is 16.6 Å². The van der Waals surface area contributed by atoms with Gasteiger partial charge in [-0.2, -0.15) is 0 Å². The summed E-state index contributed by atoms with van der Waals surface area (Å²) >= 11 is 0. The molecule has 0 aliphatic heterocycles. The summed E-state index contributed by atoms with van der Waals surface area (Å²) < 4.78 is 0. The number of ketones is 1. The van der Waals surface area contributed by atoms with E-state index in [1.54, 1.807) is 0 Å². The average molecular weight is 409 g/mol. The lowest BCUT2D eigenvalue weighted by molar-refractivity contribution is -0.116. The number of hydrogen-bond acceptors (Lipinski definition) is 2. The first kappa shape index (κ1) is 19.8. The third-order valence-corrected chi connectivity index (χ3v) is 7.13.